The van der Waals surface area contributed by atoms with Crippen molar-refractivity contribution < 1.29 is 14.6 Å². The zero-order chi connectivity index (χ0) is 10.7. The molecule has 0 aromatic heterocycles. The molecule has 4 nitrogen and oxygen atoms in total. The third-order valence-corrected chi connectivity index (χ3v) is 1.68. The third-order valence-electron chi connectivity index (χ3n) is 1.68. The molecule has 0 unspecified atom stereocenters. The van der Waals surface area contributed by atoms with Gasteiger partial charge >= 0.3 is 6.09 Å². The highest BCUT2D eigenvalue weighted by Crippen LogP contribution is 2.26. The Hall–Kier alpha value is -1.71. The van der Waals surface area contributed by atoms with Gasteiger partial charge in [-0.05, 0) is 24.6 Å². The maximum absolute atomic E-state index is 11.1. The van der Waals surface area contributed by atoms with Crippen molar-refractivity contribution >= 4 is 6.09 Å². The first-order valence-corrected chi connectivity index (χ1v) is 4.19. The Morgan fingerprint density at radius 3 is 2.57 bits per heavy atom. The van der Waals surface area contributed by atoms with E-state index in [2.05, 4.69) is 0 Å². The highest BCUT2D eigenvalue weighted by atomic mass is 16.6. The first kappa shape index (κ1) is 10.4. The van der Waals surface area contributed by atoms with Crippen LogP contribution < -0.4 is 4.74 Å². The van der Waals surface area contributed by atoms with Crippen LogP contribution in [0.1, 0.15) is 5.56 Å². The van der Waals surface area contributed by atoms with Crippen LogP contribution in [-0.4, -0.2) is 30.2 Å². The van der Waals surface area contributed by atoms with Crippen LogP contribution >= 0.6 is 0 Å². The van der Waals surface area contributed by atoms with Crippen molar-refractivity contribution in [1.29, 1.82) is 0 Å². The van der Waals surface area contributed by atoms with Crippen LogP contribution in [-0.2, 0) is 0 Å². The number of rotatable bonds is 1. The van der Waals surface area contributed by atoms with Gasteiger partial charge in [-0.1, -0.05) is 6.07 Å². The Balaban J connectivity index is 2.82. The maximum atomic E-state index is 11.1. The number of hydrogen-bond donors (Lipinski definition) is 1. The summed E-state index contributed by atoms with van der Waals surface area (Å²) >= 11 is 0. The Morgan fingerprint density at radius 1 is 1.43 bits per heavy atom. The fourth-order valence-electron chi connectivity index (χ4n) is 0.899. The fourth-order valence-corrected chi connectivity index (χ4v) is 0.899. The molecule has 0 radical (unpaired) electrons. The lowest BCUT2D eigenvalue weighted by atomic mass is 10.2. The van der Waals surface area contributed by atoms with Crippen molar-refractivity contribution in [3.05, 3.63) is 23.8 Å². The molecule has 0 atom stereocenters. The zero-order valence-corrected chi connectivity index (χ0v) is 8.44. The van der Waals surface area contributed by atoms with Crippen LogP contribution in [0.4, 0.5) is 4.79 Å². The summed E-state index contributed by atoms with van der Waals surface area (Å²) in [5.74, 6) is 0.148. The summed E-state index contributed by atoms with van der Waals surface area (Å²) in [7, 11) is 3.15. The molecule has 0 saturated heterocycles. The van der Waals surface area contributed by atoms with E-state index in [0.29, 0.717) is 0 Å². The minimum Gasteiger partial charge on any atom is -0.504 e. The molecule has 1 N–H and O–H groups in total. The summed E-state index contributed by atoms with van der Waals surface area (Å²) in [5.41, 5.74) is 0.909. The Kier molecular flexibility index (Phi) is 2.96. The predicted octanol–water partition coefficient (Wildman–Crippen LogP) is 1.76. The second kappa shape index (κ2) is 4.00. The van der Waals surface area contributed by atoms with E-state index in [1.54, 1.807) is 26.2 Å². The Morgan fingerprint density at radius 2 is 2.07 bits per heavy atom. The molecule has 0 spiro atoms. The third kappa shape index (κ3) is 2.39. The van der Waals surface area contributed by atoms with Gasteiger partial charge in [-0.3, -0.25) is 0 Å². The van der Waals surface area contributed by atoms with Gasteiger partial charge < -0.3 is 14.7 Å². The summed E-state index contributed by atoms with van der Waals surface area (Å²) in [6.07, 6.45) is -0.510. The van der Waals surface area contributed by atoms with Crippen molar-refractivity contribution in [2.75, 3.05) is 14.1 Å². The molecule has 1 aromatic rings. The number of aromatic hydroxyl groups is 1. The van der Waals surface area contributed by atoms with Gasteiger partial charge in [0.2, 0.25) is 0 Å². The zero-order valence-electron chi connectivity index (χ0n) is 8.44. The number of carbonyl (C=O) groups is 1. The summed E-state index contributed by atoms with van der Waals surface area (Å²) in [4.78, 5) is 12.4. The average Bonchev–Trinajstić information content (AvgIpc) is 2.09. The molecule has 0 aliphatic rings. The van der Waals surface area contributed by atoms with Gasteiger partial charge in [0.15, 0.2) is 11.5 Å². The van der Waals surface area contributed by atoms with Crippen molar-refractivity contribution in [1.82, 2.24) is 4.90 Å². The Labute approximate surface area is 82.7 Å². The standard InChI is InChI=1S/C10H13NO3/c1-7-4-5-9(8(12)6-7)14-10(13)11(2)3/h4-6,12H,1-3H3. The van der Waals surface area contributed by atoms with E-state index in [1.807, 2.05) is 6.92 Å². The smallest absolute Gasteiger partial charge is 0.414 e. The van der Waals surface area contributed by atoms with Gasteiger partial charge in [-0.25, -0.2) is 4.79 Å². The molecule has 4 heteroatoms. The largest absolute Gasteiger partial charge is 0.504 e. The summed E-state index contributed by atoms with van der Waals surface area (Å²) in [6, 6.07) is 4.86. The Bertz CT molecular complexity index is 347. The fraction of sp³-hybridized carbons (Fsp3) is 0.300. The van der Waals surface area contributed by atoms with E-state index in [0.717, 1.165) is 5.56 Å². The number of ether oxygens (including phenoxy) is 1. The van der Waals surface area contributed by atoms with E-state index in [9.17, 15) is 9.90 Å². The lowest BCUT2D eigenvalue weighted by Crippen LogP contribution is -2.25. The quantitative estimate of drug-likeness (QED) is 0.742. The van der Waals surface area contributed by atoms with Gasteiger partial charge in [0.25, 0.3) is 0 Å². The molecular formula is C10H13NO3. The van der Waals surface area contributed by atoms with Crippen LogP contribution in [0.5, 0.6) is 11.5 Å². The molecule has 0 aliphatic carbocycles. The second-order valence-corrected chi connectivity index (χ2v) is 3.23. The summed E-state index contributed by atoms with van der Waals surface area (Å²) in [6.45, 7) is 1.84. The highest BCUT2D eigenvalue weighted by molar-refractivity contribution is 5.71. The SMILES string of the molecule is Cc1ccc(OC(=O)N(C)C)c(O)c1. The molecule has 0 saturated carbocycles. The van der Waals surface area contributed by atoms with Crippen LogP contribution in [0.3, 0.4) is 0 Å². The molecule has 76 valence electrons. The van der Waals surface area contributed by atoms with E-state index in [-0.39, 0.29) is 11.5 Å². The minimum atomic E-state index is -0.510. The lowest BCUT2D eigenvalue weighted by Gasteiger charge is -2.11. The molecular weight excluding hydrogens is 182 g/mol. The first-order valence-electron chi connectivity index (χ1n) is 4.19. The van der Waals surface area contributed by atoms with Crippen molar-refractivity contribution in [3.8, 4) is 11.5 Å². The number of hydrogen-bond acceptors (Lipinski definition) is 3. The van der Waals surface area contributed by atoms with Gasteiger partial charge in [0.05, 0.1) is 0 Å². The average molecular weight is 195 g/mol. The number of phenols is 1. The van der Waals surface area contributed by atoms with Crippen LogP contribution in [0.2, 0.25) is 0 Å². The second-order valence-electron chi connectivity index (χ2n) is 3.23. The minimum absolute atomic E-state index is 0.0276. The molecule has 1 aromatic carbocycles. The number of phenolic OH excluding ortho intramolecular Hbond substituents is 1. The number of carbonyl (C=O) groups excluding carboxylic acids is 1. The lowest BCUT2D eigenvalue weighted by molar-refractivity contribution is 0.170. The van der Waals surface area contributed by atoms with Gasteiger partial charge in [-0.15, -0.1) is 0 Å². The van der Waals surface area contributed by atoms with Crippen molar-refractivity contribution in [3.63, 3.8) is 0 Å². The molecule has 0 aliphatic heterocycles. The molecule has 0 fully saturated rings. The molecule has 1 rings (SSSR count). The van der Waals surface area contributed by atoms with Crippen molar-refractivity contribution in [2.24, 2.45) is 0 Å². The molecule has 0 bridgehead atoms. The maximum Gasteiger partial charge on any atom is 0.414 e. The number of aryl methyl sites for hydroxylation is 1. The monoisotopic (exact) mass is 195 g/mol. The molecule has 0 heterocycles. The first-order chi connectivity index (χ1) is 6.50. The van der Waals surface area contributed by atoms with Crippen LogP contribution in [0.25, 0.3) is 0 Å². The summed E-state index contributed by atoms with van der Waals surface area (Å²) in [5, 5.41) is 9.43. The molecule has 14 heavy (non-hydrogen) atoms. The van der Waals surface area contributed by atoms with E-state index >= 15 is 0 Å². The van der Waals surface area contributed by atoms with Crippen LogP contribution in [0, 0.1) is 6.92 Å². The number of amides is 1. The highest BCUT2D eigenvalue weighted by Gasteiger charge is 2.09. The predicted molar refractivity (Wildman–Crippen MR) is 52.6 cm³/mol. The van der Waals surface area contributed by atoms with Gasteiger partial charge in [-0.2, -0.15) is 0 Å². The van der Waals surface area contributed by atoms with Gasteiger partial charge in [0.1, 0.15) is 0 Å². The van der Waals surface area contributed by atoms with Gasteiger partial charge in [0, 0.05) is 14.1 Å². The normalized spacial score (nSPS) is 9.64. The summed E-state index contributed by atoms with van der Waals surface area (Å²) < 4.78 is 4.90. The number of benzene rings is 1. The molecule has 1 amide bonds. The van der Waals surface area contributed by atoms with E-state index in [4.69, 9.17) is 4.74 Å². The van der Waals surface area contributed by atoms with E-state index < -0.39 is 6.09 Å². The van der Waals surface area contributed by atoms with Crippen molar-refractivity contribution in [2.45, 2.75) is 6.92 Å². The van der Waals surface area contributed by atoms with Crippen LogP contribution in [0.15, 0.2) is 18.2 Å². The number of nitrogens with zero attached hydrogens (tertiary/aromatic N) is 1. The van der Waals surface area contributed by atoms with E-state index in [1.165, 1.54) is 11.0 Å². The topological polar surface area (TPSA) is 49.8 Å².